The molecule has 170 valence electrons. The van der Waals surface area contributed by atoms with E-state index in [4.69, 9.17) is 9.73 Å². The number of benzene rings is 1. The van der Waals surface area contributed by atoms with E-state index in [1.165, 1.54) is 5.56 Å². The summed E-state index contributed by atoms with van der Waals surface area (Å²) in [6.45, 7) is 5.30. The van der Waals surface area contributed by atoms with Gasteiger partial charge >= 0.3 is 5.97 Å². The normalized spacial score (nSPS) is 19.5. The molecule has 3 heterocycles. The Kier molecular flexibility index (Phi) is 6.72. The first kappa shape index (κ1) is 22.2. The van der Waals surface area contributed by atoms with Gasteiger partial charge in [-0.05, 0) is 38.3 Å². The molecule has 32 heavy (non-hydrogen) atoms. The summed E-state index contributed by atoms with van der Waals surface area (Å²) in [6.07, 6.45) is 4.31. The van der Waals surface area contributed by atoms with Crippen LogP contribution in [0.25, 0.3) is 0 Å². The van der Waals surface area contributed by atoms with Crippen LogP contribution in [-0.2, 0) is 16.0 Å². The molecule has 0 amide bonds. The first-order valence-electron chi connectivity index (χ1n) is 11.1. The second kappa shape index (κ2) is 9.67. The molecular formula is C24H31N5O3. The summed E-state index contributed by atoms with van der Waals surface area (Å²) >= 11 is 0. The number of carboxylic acid groups (broad SMARTS) is 1. The number of rotatable bonds is 8. The Labute approximate surface area is 188 Å². The molecule has 0 aliphatic carbocycles. The first-order chi connectivity index (χ1) is 15.4. The van der Waals surface area contributed by atoms with Crippen LogP contribution in [0.15, 0.2) is 53.7 Å². The van der Waals surface area contributed by atoms with Gasteiger partial charge in [-0.2, -0.15) is 0 Å². The van der Waals surface area contributed by atoms with Crippen molar-refractivity contribution >= 4 is 17.6 Å². The van der Waals surface area contributed by atoms with Crippen molar-refractivity contribution in [3.63, 3.8) is 0 Å². The molecule has 0 spiro atoms. The van der Waals surface area contributed by atoms with Crippen molar-refractivity contribution in [1.82, 2.24) is 15.8 Å². The van der Waals surface area contributed by atoms with Crippen LogP contribution in [0.2, 0.25) is 0 Å². The van der Waals surface area contributed by atoms with Gasteiger partial charge in [-0.15, -0.1) is 0 Å². The van der Waals surface area contributed by atoms with Crippen molar-refractivity contribution < 1.29 is 14.6 Å². The molecule has 2 aromatic rings. The maximum atomic E-state index is 11.2. The predicted molar refractivity (Wildman–Crippen MR) is 123 cm³/mol. The fourth-order valence-electron chi connectivity index (χ4n) is 3.79. The number of carboxylic acids is 1. The number of ether oxygens (including phenoxy) is 1. The van der Waals surface area contributed by atoms with Crippen LogP contribution in [0, 0.1) is 5.41 Å². The van der Waals surface area contributed by atoms with Gasteiger partial charge in [0.05, 0.1) is 18.1 Å². The lowest BCUT2D eigenvalue weighted by Crippen LogP contribution is -2.39. The van der Waals surface area contributed by atoms with Crippen molar-refractivity contribution in [3.8, 4) is 0 Å². The number of aromatic nitrogens is 1. The van der Waals surface area contributed by atoms with Crippen LogP contribution in [-0.4, -0.2) is 47.7 Å². The molecule has 8 nitrogen and oxygen atoms in total. The largest absolute Gasteiger partial charge is 0.481 e. The number of carbonyl (C=O) groups is 1. The molecule has 0 bridgehead atoms. The fourth-order valence-corrected chi connectivity index (χ4v) is 3.79. The Morgan fingerprint density at radius 1 is 1.19 bits per heavy atom. The van der Waals surface area contributed by atoms with Gasteiger partial charge in [-0.25, -0.2) is 15.4 Å². The zero-order valence-corrected chi connectivity index (χ0v) is 18.6. The quantitative estimate of drug-likeness (QED) is 0.584. The standard InChI is InChI=1S/C24H31N5O3/c1-24(2,23(30)31)16-32-19-10-12-29(13-11-19)21-9-8-18(15-25-21)22-26-20(27-28-22)14-17-6-4-3-5-7-17/h3-9,15,19,22,28H,10-14,16H2,1-2H3,(H,26,27)(H,30,31). The van der Waals surface area contributed by atoms with Crippen molar-refractivity contribution in [2.75, 3.05) is 24.6 Å². The maximum Gasteiger partial charge on any atom is 0.311 e. The van der Waals surface area contributed by atoms with Crippen LogP contribution in [0.4, 0.5) is 5.82 Å². The highest BCUT2D eigenvalue weighted by molar-refractivity contribution is 5.85. The fraction of sp³-hybridized carbons (Fsp3) is 0.458. The van der Waals surface area contributed by atoms with Crippen LogP contribution >= 0.6 is 0 Å². The highest BCUT2D eigenvalue weighted by atomic mass is 16.5. The molecule has 2 aliphatic rings. The number of hydrogen-bond acceptors (Lipinski definition) is 7. The lowest BCUT2D eigenvalue weighted by Gasteiger charge is -2.34. The molecule has 1 saturated heterocycles. The third-order valence-electron chi connectivity index (χ3n) is 5.96. The Morgan fingerprint density at radius 2 is 1.94 bits per heavy atom. The minimum atomic E-state index is -0.860. The lowest BCUT2D eigenvalue weighted by atomic mass is 9.95. The van der Waals surface area contributed by atoms with Crippen LogP contribution < -0.4 is 15.8 Å². The van der Waals surface area contributed by atoms with E-state index >= 15 is 0 Å². The van der Waals surface area contributed by atoms with E-state index in [0.29, 0.717) is 0 Å². The summed E-state index contributed by atoms with van der Waals surface area (Å²) in [5.41, 5.74) is 7.76. The summed E-state index contributed by atoms with van der Waals surface area (Å²) in [7, 11) is 0. The molecule has 1 fully saturated rings. The van der Waals surface area contributed by atoms with E-state index in [1.807, 2.05) is 30.5 Å². The number of hydrogen-bond donors (Lipinski definition) is 3. The third-order valence-corrected chi connectivity index (χ3v) is 5.96. The Hall–Kier alpha value is -2.97. The van der Waals surface area contributed by atoms with E-state index < -0.39 is 11.4 Å². The van der Waals surface area contributed by atoms with Gasteiger partial charge in [-0.3, -0.25) is 4.79 Å². The van der Waals surface area contributed by atoms with E-state index in [1.54, 1.807) is 13.8 Å². The van der Waals surface area contributed by atoms with Gasteiger partial charge in [0, 0.05) is 31.3 Å². The van der Waals surface area contributed by atoms with Crippen LogP contribution in [0.1, 0.15) is 44.0 Å². The first-order valence-corrected chi connectivity index (χ1v) is 11.1. The van der Waals surface area contributed by atoms with Crippen molar-refractivity contribution in [3.05, 3.63) is 59.8 Å². The van der Waals surface area contributed by atoms with Gasteiger partial charge < -0.3 is 20.2 Å². The number of hydrazine groups is 1. The van der Waals surface area contributed by atoms with Crippen LogP contribution in [0.5, 0.6) is 0 Å². The minimum absolute atomic E-state index is 0.0929. The van der Waals surface area contributed by atoms with Crippen molar-refractivity contribution in [2.24, 2.45) is 10.4 Å². The zero-order valence-electron chi connectivity index (χ0n) is 18.6. The molecular weight excluding hydrogens is 406 g/mol. The average Bonchev–Trinajstić information content (AvgIpc) is 3.27. The lowest BCUT2D eigenvalue weighted by molar-refractivity contribution is -0.152. The molecule has 2 aliphatic heterocycles. The molecule has 3 N–H and O–H groups in total. The Balaban J connectivity index is 1.28. The third kappa shape index (κ3) is 5.44. The van der Waals surface area contributed by atoms with E-state index in [-0.39, 0.29) is 18.9 Å². The predicted octanol–water partition coefficient (Wildman–Crippen LogP) is 2.93. The van der Waals surface area contributed by atoms with E-state index in [2.05, 4.69) is 38.9 Å². The average molecular weight is 438 g/mol. The molecule has 1 aromatic heterocycles. The van der Waals surface area contributed by atoms with Gasteiger partial charge in [0.1, 0.15) is 17.8 Å². The van der Waals surface area contributed by atoms with E-state index in [9.17, 15) is 9.90 Å². The monoisotopic (exact) mass is 437 g/mol. The SMILES string of the molecule is CC(C)(COC1CCN(c2ccc(C3N=C(Cc4ccccc4)NN3)cn2)CC1)C(=O)O. The Bertz CT molecular complexity index is 938. The smallest absolute Gasteiger partial charge is 0.311 e. The molecule has 0 radical (unpaired) electrons. The summed E-state index contributed by atoms with van der Waals surface area (Å²) in [6, 6.07) is 14.4. The molecule has 1 atom stereocenters. The molecule has 0 saturated carbocycles. The second-order valence-electron chi connectivity index (χ2n) is 9.05. The molecule has 4 rings (SSSR count). The van der Waals surface area contributed by atoms with Gasteiger partial charge in [0.2, 0.25) is 0 Å². The topological polar surface area (TPSA) is 99.1 Å². The summed E-state index contributed by atoms with van der Waals surface area (Å²) in [5.74, 6) is 1.03. The second-order valence-corrected chi connectivity index (χ2v) is 9.05. The van der Waals surface area contributed by atoms with Gasteiger partial charge in [0.25, 0.3) is 0 Å². The minimum Gasteiger partial charge on any atom is -0.481 e. The highest BCUT2D eigenvalue weighted by Crippen LogP contribution is 2.24. The maximum absolute atomic E-state index is 11.2. The van der Waals surface area contributed by atoms with E-state index in [0.717, 1.165) is 49.6 Å². The number of piperidine rings is 1. The summed E-state index contributed by atoms with van der Waals surface area (Å²) < 4.78 is 5.87. The molecule has 8 heteroatoms. The molecule has 1 unspecified atom stereocenters. The highest BCUT2D eigenvalue weighted by Gasteiger charge is 2.30. The number of nitrogens with zero attached hydrogens (tertiary/aromatic N) is 3. The van der Waals surface area contributed by atoms with Crippen molar-refractivity contribution in [2.45, 2.75) is 45.4 Å². The number of pyridine rings is 1. The zero-order chi connectivity index (χ0) is 22.6. The summed E-state index contributed by atoms with van der Waals surface area (Å²) in [5, 5.41) is 9.23. The molecule has 1 aromatic carbocycles. The van der Waals surface area contributed by atoms with Gasteiger partial charge in [0.15, 0.2) is 0 Å². The van der Waals surface area contributed by atoms with Crippen LogP contribution in [0.3, 0.4) is 0 Å². The van der Waals surface area contributed by atoms with Gasteiger partial charge in [-0.1, -0.05) is 36.4 Å². The summed E-state index contributed by atoms with van der Waals surface area (Å²) in [4.78, 5) is 22.9. The number of nitrogens with one attached hydrogen (secondary N) is 2. The number of aliphatic imine (C=N–C) groups is 1. The Morgan fingerprint density at radius 3 is 2.59 bits per heavy atom. The van der Waals surface area contributed by atoms with Crippen molar-refractivity contribution in [1.29, 1.82) is 0 Å². The number of aliphatic carboxylic acids is 1. The number of amidine groups is 1. The number of anilines is 1.